The van der Waals surface area contributed by atoms with E-state index in [2.05, 4.69) is 36.3 Å². The fraction of sp³-hybridized carbons (Fsp3) is 0.412. The number of carbonyl (C=O) groups excluding carboxylic acids is 1. The van der Waals surface area contributed by atoms with Crippen molar-refractivity contribution >= 4 is 17.2 Å². The fourth-order valence-electron chi connectivity index (χ4n) is 2.56. The topological polar surface area (TPSA) is 51.2 Å². The zero-order valence-electron chi connectivity index (χ0n) is 12.8. The van der Waals surface area contributed by atoms with Crippen molar-refractivity contribution in [2.24, 2.45) is 0 Å². The average molecular weight is 316 g/mol. The monoisotopic (exact) mass is 316 g/mol. The second-order valence-corrected chi connectivity index (χ2v) is 6.61. The predicted molar refractivity (Wildman–Crippen MR) is 87.4 cm³/mol. The van der Waals surface area contributed by atoms with E-state index >= 15 is 0 Å². The SMILES string of the molecule is CC(C)c1csc(C(=O)NCC2OCCc3ccccc32)n1. The van der Waals surface area contributed by atoms with Crippen molar-refractivity contribution in [3.63, 3.8) is 0 Å². The lowest BCUT2D eigenvalue weighted by Crippen LogP contribution is -2.31. The van der Waals surface area contributed by atoms with Crippen molar-refractivity contribution in [1.29, 1.82) is 0 Å². The zero-order chi connectivity index (χ0) is 15.5. The summed E-state index contributed by atoms with van der Waals surface area (Å²) in [5.41, 5.74) is 3.45. The third-order valence-electron chi connectivity index (χ3n) is 3.85. The Morgan fingerprint density at radius 3 is 3.05 bits per heavy atom. The number of rotatable bonds is 4. The molecule has 0 spiro atoms. The van der Waals surface area contributed by atoms with E-state index in [4.69, 9.17) is 4.74 Å². The van der Waals surface area contributed by atoms with Gasteiger partial charge in [0.05, 0.1) is 12.3 Å². The molecule has 3 rings (SSSR count). The molecule has 1 aromatic carbocycles. The summed E-state index contributed by atoms with van der Waals surface area (Å²) < 4.78 is 5.80. The summed E-state index contributed by atoms with van der Waals surface area (Å²) in [6, 6.07) is 8.26. The highest BCUT2D eigenvalue weighted by atomic mass is 32.1. The first-order chi connectivity index (χ1) is 10.6. The highest BCUT2D eigenvalue weighted by molar-refractivity contribution is 7.11. The minimum absolute atomic E-state index is 0.0709. The van der Waals surface area contributed by atoms with Gasteiger partial charge >= 0.3 is 0 Å². The van der Waals surface area contributed by atoms with E-state index in [0.717, 1.165) is 12.1 Å². The molecule has 0 bridgehead atoms. The van der Waals surface area contributed by atoms with Gasteiger partial charge in [-0.3, -0.25) is 4.79 Å². The summed E-state index contributed by atoms with van der Waals surface area (Å²) >= 11 is 1.39. The van der Waals surface area contributed by atoms with Gasteiger partial charge in [0, 0.05) is 11.9 Å². The molecule has 0 radical (unpaired) electrons. The van der Waals surface area contributed by atoms with E-state index in [9.17, 15) is 4.79 Å². The number of benzene rings is 1. The van der Waals surface area contributed by atoms with Crippen LogP contribution in [0.1, 0.15) is 52.5 Å². The Morgan fingerprint density at radius 2 is 2.27 bits per heavy atom. The normalized spacial score (nSPS) is 17.3. The van der Waals surface area contributed by atoms with Crippen LogP contribution in [-0.2, 0) is 11.2 Å². The second kappa shape index (κ2) is 6.58. The van der Waals surface area contributed by atoms with Gasteiger partial charge in [-0.25, -0.2) is 4.98 Å². The molecule has 2 aromatic rings. The van der Waals surface area contributed by atoms with Crippen LogP contribution in [0, 0.1) is 0 Å². The molecule has 2 heterocycles. The van der Waals surface area contributed by atoms with Gasteiger partial charge in [0.15, 0.2) is 5.01 Å². The third kappa shape index (κ3) is 3.20. The van der Waals surface area contributed by atoms with Gasteiger partial charge in [0.1, 0.15) is 6.10 Å². The highest BCUT2D eigenvalue weighted by Crippen LogP contribution is 2.26. The molecule has 0 saturated carbocycles. The van der Waals surface area contributed by atoms with Gasteiger partial charge in [-0.05, 0) is 23.5 Å². The number of thiazole rings is 1. The van der Waals surface area contributed by atoms with Gasteiger partial charge in [0.25, 0.3) is 5.91 Å². The maximum absolute atomic E-state index is 12.2. The summed E-state index contributed by atoms with van der Waals surface area (Å²) in [7, 11) is 0. The lowest BCUT2D eigenvalue weighted by molar-refractivity contribution is 0.0411. The van der Waals surface area contributed by atoms with Crippen LogP contribution in [0.4, 0.5) is 0 Å². The quantitative estimate of drug-likeness (QED) is 0.941. The van der Waals surface area contributed by atoms with Gasteiger partial charge in [0.2, 0.25) is 0 Å². The van der Waals surface area contributed by atoms with Crippen molar-refractivity contribution in [1.82, 2.24) is 10.3 Å². The van der Waals surface area contributed by atoms with Crippen molar-refractivity contribution in [2.45, 2.75) is 32.3 Å². The molecule has 22 heavy (non-hydrogen) atoms. The molecule has 1 aromatic heterocycles. The number of ether oxygens (including phenoxy) is 1. The largest absolute Gasteiger partial charge is 0.371 e. The molecule has 5 heteroatoms. The number of hydrogen-bond donors (Lipinski definition) is 1. The van der Waals surface area contributed by atoms with Crippen LogP contribution in [0.15, 0.2) is 29.6 Å². The predicted octanol–water partition coefficient (Wildman–Crippen LogP) is 3.31. The zero-order valence-corrected chi connectivity index (χ0v) is 13.7. The molecule has 1 atom stereocenters. The molecule has 1 N–H and O–H groups in total. The van der Waals surface area contributed by atoms with Crippen LogP contribution in [0.2, 0.25) is 0 Å². The van der Waals surface area contributed by atoms with Gasteiger partial charge in [-0.15, -0.1) is 11.3 Å². The minimum Gasteiger partial charge on any atom is -0.371 e. The van der Waals surface area contributed by atoms with Crippen LogP contribution in [0.3, 0.4) is 0 Å². The van der Waals surface area contributed by atoms with E-state index < -0.39 is 0 Å². The number of nitrogens with zero attached hydrogens (tertiary/aromatic N) is 1. The maximum atomic E-state index is 12.2. The molecule has 1 unspecified atom stereocenters. The Kier molecular flexibility index (Phi) is 4.55. The van der Waals surface area contributed by atoms with Crippen molar-refractivity contribution in [2.75, 3.05) is 13.2 Å². The molecule has 0 saturated heterocycles. The Bertz CT molecular complexity index is 666. The number of hydrogen-bond acceptors (Lipinski definition) is 4. The Balaban J connectivity index is 1.64. The number of nitrogens with one attached hydrogen (secondary N) is 1. The van der Waals surface area contributed by atoms with Crippen molar-refractivity contribution in [3.8, 4) is 0 Å². The van der Waals surface area contributed by atoms with Gasteiger partial charge in [-0.2, -0.15) is 0 Å². The first kappa shape index (κ1) is 15.2. The fourth-order valence-corrected chi connectivity index (χ4v) is 3.46. The maximum Gasteiger partial charge on any atom is 0.280 e. The number of amides is 1. The highest BCUT2D eigenvalue weighted by Gasteiger charge is 2.21. The van der Waals surface area contributed by atoms with E-state index in [1.54, 1.807) is 0 Å². The summed E-state index contributed by atoms with van der Waals surface area (Å²) in [4.78, 5) is 16.6. The van der Waals surface area contributed by atoms with E-state index in [1.165, 1.54) is 22.5 Å². The molecular formula is C17H20N2O2S. The molecule has 1 amide bonds. The van der Waals surface area contributed by atoms with Crippen molar-refractivity contribution < 1.29 is 9.53 Å². The van der Waals surface area contributed by atoms with E-state index in [0.29, 0.717) is 24.1 Å². The van der Waals surface area contributed by atoms with E-state index in [-0.39, 0.29) is 12.0 Å². The lowest BCUT2D eigenvalue weighted by Gasteiger charge is -2.26. The molecular weight excluding hydrogens is 296 g/mol. The first-order valence-corrected chi connectivity index (χ1v) is 8.46. The Hall–Kier alpha value is -1.72. The van der Waals surface area contributed by atoms with Crippen LogP contribution < -0.4 is 5.32 Å². The Morgan fingerprint density at radius 1 is 1.45 bits per heavy atom. The molecule has 0 fully saturated rings. The molecule has 0 aliphatic carbocycles. The third-order valence-corrected chi connectivity index (χ3v) is 4.71. The average Bonchev–Trinajstić information content (AvgIpc) is 3.03. The summed E-state index contributed by atoms with van der Waals surface area (Å²) in [5, 5.41) is 5.42. The molecule has 4 nitrogen and oxygen atoms in total. The van der Waals surface area contributed by atoms with Crippen molar-refractivity contribution in [3.05, 3.63) is 51.5 Å². The van der Waals surface area contributed by atoms with Crippen LogP contribution in [0.25, 0.3) is 0 Å². The number of fused-ring (bicyclic) bond motifs is 1. The summed E-state index contributed by atoms with van der Waals surface area (Å²) in [6.45, 7) is 5.33. The van der Waals surface area contributed by atoms with Crippen LogP contribution >= 0.6 is 11.3 Å². The minimum atomic E-state index is -0.122. The second-order valence-electron chi connectivity index (χ2n) is 5.75. The summed E-state index contributed by atoms with van der Waals surface area (Å²) in [5.74, 6) is 0.218. The van der Waals surface area contributed by atoms with E-state index in [1.807, 2.05) is 17.5 Å². The van der Waals surface area contributed by atoms with Gasteiger partial charge < -0.3 is 10.1 Å². The Labute approximate surface area is 134 Å². The summed E-state index contributed by atoms with van der Waals surface area (Å²) in [6.07, 6.45) is 0.864. The lowest BCUT2D eigenvalue weighted by atomic mass is 9.97. The van der Waals surface area contributed by atoms with Crippen LogP contribution in [0.5, 0.6) is 0 Å². The molecule has 116 valence electrons. The van der Waals surface area contributed by atoms with Gasteiger partial charge in [-0.1, -0.05) is 38.1 Å². The number of carbonyl (C=O) groups is 1. The smallest absolute Gasteiger partial charge is 0.280 e. The van der Waals surface area contributed by atoms with Crippen LogP contribution in [-0.4, -0.2) is 24.0 Å². The number of aromatic nitrogens is 1. The standard InChI is InChI=1S/C17H20N2O2S/c1-11(2)14-10-22-17(19-14)16(20)18-9-15-13-6-4-3-5-12(13)7-8-21-15/h3-6,10-11,15H,7-9H2,1-2H3,(H,18,20). The first-order valence-electron chi connectivity index (χ1n) is 7.58. The molecule has 1 aliphatic rings. The molecule has 1 aliphatic heterocycles.